The van der Waals surface area contributed by atoms with E-state index in [0.29, 0.717) is 17.2 Å². The Bertz CT molecular complexity index is 751. The van der Waals surface area contributed by atoms with Crippen LogP contribution in [0.15, 0.2) is 53.4 Å². The lowest BCUT2D eigenvalue weighted by Crippen LogP contribution is -2.24. The SMILES string of the molecule is COc1ccc(NC(=O)COC(=O)[C@@H](C)Sc2ccccc2)cc1OC. The second kappa shape index (κ2) is 9.72. The molecule has 0 radical (unpaired) electrons. The molecule has 0 heterocycles. The minimum atomic E-state index is -0.443. The van der Waals surface area contributed by atoms with Crippen molar-refractivity contribution < 1.29 is 23.8 Å². The van der Waals surface area contributed by atoms with Crippen LogP contribution in [0.2, 0.25) is 0 Å². The molecule has 2 aromatic carbocycles. The van der Waals surface area contributed by atoms with Gasteiger partial charge in [-0.2, -0.15) is 0 Å². The molecular formula is C19H21NO5S. The average molecular weight is 375 g/mol. The van der Waals surface area contributed by atoms with Crippen LogP contribution in [0, 0.1) is 0 Å². The van der Waals surface area contributed by atoms with Crippen LogP contribution >= 0.6 is 11.8 Å². The van der Waals surface area contributed by atoms with E-state index >= 15 is 0 Å². The van der Waals surface area contributed by atoms with E-state index in [-0.39, 0.29) is 6.61 Å². The Kier molecular flexibility index (Phi) is 7.35. The van der Waals surface area contributed by atoms with Gasteiger partial charge in [-0.15, -0.1) is 11.8 Å². The Morgan fingerprint density at radius 2 is 1.73 bits per heavy atom. The van der Waals surface area contributed by atoms with Gasteiger partial charge in [0, 0.05) is 16.6 Å². The Labute approximate surface area is 156 Å². The fourth-order valence-electron chi connectivity index (χ4n) is 2.12. The number of hydrogen-bond acceptors (Lipinski definition) is 6. The van der Waals surface area contributed by atoms with Crippen LogP contribution in [0.1, 0.15) is 6.92 Å². The zero-order chi connectivity index (χ0) is 18.9. The van der Waals surface area contributed by atoms with E-state index < -0.39 is 17.1 Å². The van der Waals surface area contributed by atoms with Crippen LogP contribution in [0.4, 0.5) is 5.69 Å². The van der Waals surface area contributed by atoms with E-state index in [9.17, 15) is 9.59 Å². The number of carbonyl (C=O) groups is 2. The predicted octanol–water partition coefficient (Wildman–Crippen LogP) is 3.37. The number of anilines is 1. The standard InChI is InChI=1S/C19H21NO5S/c1-13(26-15-7-5-4-6-8-15)19(22)25-12-18(21)20-14-9-10-16(23-2)17(11-14)24-3/h4-11,13H,12H2,1-3H3,(H,20,21)/t13-/m1/s1. The van der Waals surface area contributed by atoms with Crippen molar-refractivity contribution in [3.63, 3.8) is 0 Å². The lowest BCUT2D eigenvalue weighted by molar-refractivity contribution is -0.146. The van der Waals surface area contributed by atoms with Gasteiger partial charge >= 0.3 is 5.97 Å². The van der Waals surface area contributed by atoms with Crippen LogP contribution in [0.5, 0.6) is 11.5 Å². The smallest absolute Gasteiger partial charge is 0.319 e. The first-order valence-corrected chi connectivity index (χ1v) is 8.81. The van der Waals surface area contributed by atoms with Gasteiger partial charge in [0.2, 0.25) is 0 Å². The molecule has 138 valence electrons. The summed E-state index contributed by atoms with van der Waals surface area (Å²) in [6, 6.07) is 14.5. The van der Waals surface area contributed by atoms with Gasteiger partial charge in [0.1, 0.15) is 5.25 Å². The van der Waals surface area contributed by atoms with Gasteiger partial charge in [-0.1, -0.05) is 18.2 Å². The normalized spacial score (nSPS) is 11.3. The molecule has 2 aromatic rings. The summed E-state index contributed by atoms with van der Waals surface area (Å²) < 4.78 is 15.4. The molecule has 0 bridgehead atoms. The number of benzene rings is 2. The number of amides is 1. The molecule has 0 aliphatic heterocycles. The van der Waals surface area contributed by atoms with Gasteiger partial charge in [-0.05, 0) is 31.2 Å². The largest absolute Gasteiger partial charge is 0.493 e. The van der Waals surface area contributed by atoms with E-state index in [1.54, 1.807) is 25.1 Å². The van der Waals surface area contributed by atoms with Gasteiger partial charge in [0.05, 0.1) is 14.2 Å². The van der Waals surface area contributed by atoms with Crippen LogP contribution in [-0.2, 0) is 14.3 Å². The molecule has 6 nitrogen and oxygen atoms in total. The van der Waals surface area contributed by atoms with E-state index in [1.807, 2.05) is 30.3 Å². The zero-order valence-electron chi connectivity index (χ0n) is 14.9. The second-order valence-corrected chi connectivity index (χ2v) is 6.71. The van der Waals surface area contributed by atoms with Crippen LogP contribution in [0.3, 0.4) is 0 Å². The number of hydrogen-bond donors (Lipinski definition) is 1. The highest BCUT2D eigenvalue weighted by Gasteiger charge is 2.17. The lowest BCUT2D eigenvalue weighted by Gasteiger charge is -2.12. The summed E-state index contributed by atoms with van der Waals surface area (Å²) in [6.45, 7) is 1.39. The molecule has 7 heteroatoms. The molecule has 1 amide bonds. The summed E-state index contributed by atoms with van der Waals surface area (Å²) in [5.74, 6) is 0.183. The van der Waals surface area contributed by atoms with E-state index in [4.69, 9.17) is 14.2 Å². The Hall–Kier alpha value is -2.67. The third-order valence-corrected chi connectivity index (χ3v) is 4.49. The number of carbonyl (C=O) groups excluding carboxylic acids is 2. The molecule has 0 saturated carbocycles. The third kappa shape index (κ3) is 5.70. The van der Waals surface area contributed by atoms with Crippen molar-refractivity contribution in [3.05, 3.63) is 48.5 Å². The van der Waals surface area contributed by atoms with Crippen LogP contribution < -0.4 is 14.8 Å². The van der Waals surface area contributed by atoms with Crippen molar-refractivity contribution in [1.29, 1.82) is 0 Å². The van der Waals surface area contributed by atoms with Crippen LogP contribution in [-0.4, -0.2) is 38.0 Å². The van der Waals surface area contributed by atoms with Crippen molar-refractivity contribution in [2.24, 2.45) is 0 Å². The number of rotatable bonds is 8. The molecule has 0 aliphatic rings. The first kappa shape index (κ1) is 19.7. The van der Waals surface area contributed by atoms with E-state index in [0.717, 1.165) is 4.90 Å². The van der Waals surface area contributed by atoms with E-state index in [2.05, 4.69) is 5.32 Å². The van der Waals surface area contributed by atoms with Crippen molar-refractivity contribution in [1.82, 2.24) is 0 Å². The molecule has 0 saturated heterocycles. The lowest BCUT2D eigenvalue weighted by atomic mass is 10.2. The summed E-state index contributed by atoms with van der Waals surface area (Å²) in [5.41, 5.74) is 0.524. The minimum absolute atomic E-state index is 0.354. The molecule has 1 N–H and O–H groups in total. The first-order chi connectivity index (χ1) is 12.5. The van der Waals surface area contributed by atoms with Gasteiger partial charge < -0.3 is 19.5 Å². The Balaban J connectivity index is 1.83. The van der Waals surface area contributed by atoms with Crippen molar-refractivity contribution in [2.75, 3.05) is 26.1 Å². The monoisotopic (exact) mass is 375 g/mol. The molecule has 0 unspecified atom stereocenters. The quantitative estimate of drug-likeness (QED) is 0.563. The molecule has 0 aromatic heterocycles. The number of nitrogens with one attached hydrogen (secondary N) is 1. The van der Waals surface area contributed by atoms with Gasteiger partial charge in [0.15, 0.2) is 18.1 Å². The van der Waals surface area contributed by atoms with Gasteiger partial charge in [-0.3, -0.25) is 9.59 Å². The van der Waals surface area contributed by atoms with Crippen molar-refractivity contribution in [2.45, 2.75) is 17.1 Å². The van der Waals surface area contributed by atoms with Gasteiger partial charge in [-0.25, -0.2) is 0 Å². The maximum Gasteiger partial charge on any atom is 0.319 e. The molecule has 0 spiro atoms. The highest BCUT2D eigenvalue weighted by Crippen LogP contribution is 2.29. The number of thioether (sulfide) groups is 1. The fourth-order valence-corrected chi connectivity index (χ4v) is 3.00. The summed E-state index contributed by atoms with van der Waals surface area (Å²) in [6.07, 6.45) is 0. The Morgan fingerprint density at radius 1 is 1.04 bits per heavy atom. The molecule has 2 rings (SSSR count). The molecule has 0 aliphatic carbocycles. The summed E-state index contributed by atoms with van der Waals surface area (Å²) in [5, 5.41) is 2.24. The number of ether oxygens (including phenoxy) is 3. The van der Waals surface area contributed by atoms with Crippen molar-refractivity contribution in [3.8, 4) is 11.5 Å². The van der Waals surface area contributed by atoms with Crippen LogP contribution in [0.25, 0.3) is 0 Å². The minimum Gasteiger partial charge on any atom is -0.493 e. The second-order valence-electron chi connectivity index (χ2n) is 5.30. The summed E-state index contributed by atoms with van der Waals surface area (Å²) in [7, 11) is 3.04. The highest BCUT2D eigenvalue weighted by atomic mass is 32.2. The van der Waals surface area contributed by atoms with E-state index in [1.165, 1.54) is 26.0 Å². The Morgan fingerprint density at radius 3 is 2.38 bits per heavy atom. The average Bonchev–Trinajstić information content (AvgIpc) is 2.66. The van der Waals surface area contributed by atoms with Gasteiger partial charge in [0.25, 0.3) is 5.91 Å². The fraction of sp³-hybridized carbons (Fsp3) is 0.263. The maximum atomic E-state index is 12.0. The molecule has 0 fully saturated rings. The molecular weight excluding hydrogens is 354 g/mol. The zero-order valence-corrected chi connectivity index (χ0v) is 15.7. The molecule has 1 atom stereocenters. The first-order valence-electron chi connectivity index (χ1n) is 7.93. The third-order valence-electron chi connectivity index (χ3n) is 3.40. The topological polar surface area (TPSA) is 73.9 Å². The maximum absolute atomic E-state index is 12.0. The predicted molar refractivity (Wildman–Crippen MR) is 101 cm³/mol. The number of methoxy groups -OCH3 is 2. The highest BCUT2D eigenvalue weighted by molar-refractivity contribution is 8.00. The van der Waals surface area contributed by atoms with Crippen molar-refractivity contribution >= 4 is 29.3 Å². The summed E-state index contributed by atoms with van der Waals surface area (Å²) >= 11 is 1.38. The number of esters is 1. The molecule has 26 heavy (non-hydrogen) atoms. The summed E-state index contributed by atoms with van der Waals surface area (Å²) in [4.78, 5) is 25.0.